The van der Waals surface area contributed by atoms with E-state index in [4.69, 9.17) is 5.26 Å². The standard InChI is InChI=1S/C18H20N4O2/c1-2-20-18(24)12-21-17(23)9-8-14-13-22(11-5-10-19)16-7-4-3-6-15(14)16/h3-4,6-9,13H,2,5,11-12H2,1H3,(H,20,24)(H,21,23)/b9-8+. The van der Waals surface area contributed by atoms with E-state index < -0.39 is 0 Å². The molecule has 0 bridgehead atoms. The van der Waals surface area contributed by atoms with E-state index in [1.807, 2.05) is 42.0 Å². The molecule has 0 fully saturated rings. The topological polar surface area (TPSA) is 86.9 Å². The summed E-state index contributed by atoms with van der Waals surface area (Å²) in [4.78, 5) is 23.1. The maximum atomic E-state index is 11.8. The molecule has 0 aliphatic rings. The van der Waals surface area contributed by atoms with Crippen LogP contribution in [0.1, 0.15) is 18.9 Å². The van der Waals surface area contributed by atoms with E-state index in [0.29, 0.717) is 19.5 Å². The zero-order valence-corrected chi connectivity index (χ0v) is 13.6. The Morgan fingerprint density at radius 3 is 2.83 bits per heavy atom. The van der Waals surface area contributed by atoms with Crippen molar-refractivity contribution in [2.75, 3.05) is 13.1 Å². The van der Waals surface area contributed by atoms with Crippen LogP contribution in [0.2, 0.25) is 0 Å². The number of nitrogens with one attached hydrogen (secondary N) is 2. The number of nitrogens with zero attached hydrogens (tertiary/aromatic N) is 2. The molecule has 0 saturated carbocycles. The van der Waals surface area contributed by atoms with E-state index in [9.17, 15) is 9.59 Å². The highest BCUT2D eigenvalue weighted by Crippen LogP contribution is 2.22. The van der Waals surface area contributed by atoms with Crippen molar-refractivity contribution in [2.24, 2.45) is 0 Å². The van der Waals surface area contributed by atoms with Crippen molar-refractivity contribution >= 4 is 28.8 Å². The average Bonchev–Trinajstić information content (AvgIpc) is 2.94. The normalized spacial score (nSPS) is 10.7. The van der Waals surface area contributed by atoms with Crippen molar-refractivity contribution in [2.45, 2.75) is 19.9 Å². The van der Waals surface area contributed by atoms with E-state index in [1.54, 1.807) is 6.08 Å². The number of likely N-dealkylation sites (N-methyl/N-ethyl adjacent to an activating group) is 1. The maximum Gasteiger partial charge on any atom is 0.244 e. The first-order chi connectivity index (χ1) is 11.7. The van der Waals surface area contributed by atoms with Crippen LogP contribution in [0.3, 0.4) is 0 Å². The largest absolute Gasteiger partial charge is 0.355 e. The van der Waals surface area contributed by atoms with Gasteiger partial charge in [0.15, 0.2) is 0 Å². The van der Waals surface area contributed by atoms with Gasteiger partial charge in [-0.2, -0.15) is 5.26 Å². The molecule has 2 amide bonds. The van der Waals surface area contributed by atoms with Gasteiger partial charge >= 0.3 is 0 Å². The van der Waals surface area contributed by atoms with Gasteiger partial charge in [0.05, 0.1) is 19.0 Å². The molecule has 24 heavy (non-hydrogen) atoms. The van der Waals surface area contributed by atoms with Crippen LogP contribution >= 0.6 is 0 Å². The quantitative estimate of drug-likeness (QED) is 0.762. The number of carbonyl (C=O) groups is 2. The zero-order valence-electron chi connectivity index (χ0n) is 13.6. The highest BCUT2D eigenvalue weighted by Gasteiger charge is 2.06. The number of amides is 2. The van der Waals surface area contributed by atoms with Gasteiger partial charge in [-0.3, -0.25) is 9.59 Å². The molecule has 1 heterocycles. The number of nitriles is 1. The second kappa shape index (κ2) is 8.53. The molecule has 2 aromatic rings. The smallest absolute Gasteiger partial charge is 0.244 e. The molecule has 0 unspecified atom stereocenters. The van der Waals surface area contributed by atoms with E-state index in [1.165, 1.54) is 6.08 Å². The Labute approximate surface area is 140 Å². The van der Waals surface area contributed by atoms with Gasteiger partial charge in [-0.1, -0.05) is 18.2 Å². The fraction of sp³-hybridized carbons (Fsp3) is 0.278. The summed E-state index contributed by atoms with van der Waals surface area (Å²) in [5.41, 5.74) is 1.92. The number of rotatable bonds is 7. The Balaban J connectivity index is 2.10. The number of fused-ring (bicyclic) bond motifs is 1. The Hall–Kier alpha value is -3.07. The molecule has 2 rings (SSSR count). The minimum atomic E-state index is -0.324. The van der Waals surface area contributed by atoms with Crippen LogP contribution in [0.4, 0.5) is 0 Å². The summed E-state index contributed by atoms with van der Waals surface area (Å²) >= 11 is 0. The monoisotopic (exact) mass is 324 g/mol. The van der Waals surface area contributed by atoms with E-state index in [2.05, 4.69) is 16.7 Å². The Morgan fingerprint density at radius 2 is 2.08 bits per heavy atom. The van der Waals surface area contributed by atoms with Crippen LogP contribution in [0.15, 0.2) is 36.5 Å². The highest BCUT2D eigenvalue weighted by molar-refractivity contribution is 5.97. The molecule has 6 heteroatoms. The molecule has 0 saturated heterocycles. The molecular formula is C18H20N4O2. The van der Waals surface area contributed by atoms with Crippen LogP contribution in [-0.2, 0) is 16.1 Å². The first kappa shape index (κ1) is 17.3. The molecule has 0 aliphatic heterocycles. The van der Waals surface area contributed by atoms with E-state index in [0.717, 1.165) is 16.5 Å². The van der Waals surface area contributed by atoms with Crippen LogP contribution in [0.5, 0.6) is 0 Å². The maximum absolute atomic E-state index is 11.8. The van der Waals surface area contributed by atoms with Crippen LogP contribution < -0.4 is 10.6 Å². The molecular weight excluding hydrogens is 304 g/mol. The third kappa shape index (κ3) is 4.46. The number of aromatic nitrogens is 1. The molecule has 2 N–H and O–H groups in total. The summed E-state index contributed by atoms with van der Waals surface area (Å²) in [6.45, 7) is 2.92. The lowest BCUT2D eigenvalue weighted by molar-refractivity contribution is -0.123. The summed E-state index contributed by atoms with van der Waals surface area (Å²) in [5, 5.41) is 14.9. The highest BCUT2D eigenvalue weighted by atomic mass is 16.2. The molecule has 0 aliphatic carbocycles. The number of carbonyl (C=O) groups excluding carboxylic acids is 2. The Morgan fingerprint density at radius 1 is 1.29 bits per heavy atom. The van der Waals surface area contributed by atoms with E-state index in [-0.39, 0.29) is 18.4 Å². The van der Waals surface area contributed by atoms with Crippen LogP contribution in [0.25, 0.3) is 17.0 Å². The minimum absolute atomic E-state index is 0.0407. The summed E-state index contributed by atoms with van der Waals surface area (Å²) in [6, 6.07) is 9.98. The number of benzene rings is 1. The van der Waals surface area contributed by atoms with Gasteiger partial charge in [-0.05, 0) is 19.1 Å². The predicted molar refractivity (Wildman–Crippen MR) is 92.9 cm³/mol. The third-order valence-corrected chi connectivity index (χ3v) is 3.50. The zero-order chi connectivity index (χ0) is 17.4. The van der Waals surface area contributed by atoms with Crippen LogP contribution in [0, 0.1) is 11.3 Å². The van der Waals surface area contributed by atoms with Gasteiger partial charge in [0.1, 0.15) is 0 Å². The summed E-state index contributed by atoms with van der Waals surface area (Å²) in [7, 11) is 0. The summed E-state index contributed by atoms with van der Waals surface area (Å²) in [6.07, 6.45) is 5.48. The Bertz CT molecular complexity index is 799. The molecule has 1 aromatic heterocycles. The lowest BCUT2D eigenvalue weighted by Gasteiger charge is -2.02. The predicted octanol–water partition coefficient (Wildman–Crippen LogP) is 1.82. The second-order valence-corrected chi connectivity index (χ2v) is 5.21. The molecule has 124 valence electrons. The van der Waals surface area contributed by atoms with E-state index >= 15 is 0 Å². The number of para-hydroxylation sites is 1. The Kier molecular flexibility index (Phi) is 6.15. The van der Waals surface area contributed by atoms with Crippen molar-refractivity contribution in [1.29, 1.82) is 5.26 Å². The van der Waals surface area contributed by atoms with Gasteiger partial charge < -0.3 is 15.2 Å². The fourth-order valence-corrected chi connectivity index (χ4v) is 2.41. The molecule has 1 aromatic carbocycles. The van der Waals surface area contributed by atoms with Crippen molar-refractivity contribution < 1.29 is 9.59 Å². The van der Waals surface area contributed by atoms with Crippen LogP contribution in [-0.4, -0.2) is 29.5 Å². The van der Waals surface area contributed by atoms with Crippen molar-refractivity contribution in [1.82, 2.24) is 15.2 Å². The van der Waals surface area contributed by atoms with Crippen molar-refractivity contribution in [3.8, 4) is 6.07 Å². The van der Waals surface area contributed by atoms with Crippen molar-refractivity contribution in [3.05, 3.63) is 42.1 Å². The molecule has 0 atom stereocenters. The molecule has 0 radical (unpaired) electrons. The minimum Gasteiger partial charge on any atom is -0.355 e. The van der Waals surface area contributed by atoms with Crippen molar-refractivity contribution in [3.63, 3.8) is 0 Å². The number of hydrogen-bond acceptors (Lipinski definition) is 3. The SMILES string of the molecule is CCNC(=O)CNC(=O)/C=C/c1cn(CCC#N)c2ccccc12. The number of aryl methyl sites for hydroxylation is 1. The first-order valence-electron chi connectivity index (χ1n) is 7.83. The second-order valence-electron chi connectivity index (χ2n) is 5.21. The fourth-order valence-electron chi connectivity index (χ4n) is 2.41. The lowest BCUT2D eigenvalue weighted by Crippen LogP contribution is -2.35. The summed E-state index contributed by atoms with van der Waals surface area (Å²) < 4.78 is 2.00. The molecule has 0 spiro atoms. The molecule has 6 nitrogen and oxygen atoms in total. The average molecular weight is 324 g/mol. The third-order valence-electron chi connectivity index (χ3n) is 3.50. The van der Waals surface area contributed by atoms with Gasteiger partial charge in [0.25, 0.3) is 0 Å². The van der Waals surface area contributed by atoms with Gasteiger partial charge in [-0.15, -0.1) is 0 Å². The first-order valence-corrected chi connectivity index (χ1v) is 7.83. The van der Waals surface area contributed by atoms with Gasteiger partial charge in [0, 0.05) is 41.8 Å². The summed E-state index contributed by atoms with van der Waals surface area (Å²) in [5.74, 6) is -0.539. The van der Waals surface area contributed by atoms with Gasteiger partial charge in [-0.25, -0.2) is 0 Å². The number of hydrogen-bond donors (Lipinski definition) is 2. The van der Waals surface area contributed by atoms with Gasteiger partial charge in [0.2, 0.25) is 11.8 Å². The lowest BCUT2D eigenvalue weighted by atomic mass is 10.1.